The first-order valence-electron chi connectivity index (χ1n) is 3.41. The fourth-order valence-corrected chi connectivity index (χ4v) is 1.22. The molecule has 1 nitrogen and oxygen atoms in total. The predicted octanol–water partition coefficient (Wildman–Crippen LogP) is 2.98. The van der Waals surface area contributed by atoms with Crippen LogP contribution in [0, 0.1) is 5.82 Å². The van der Waals surface area contributed by atoms with E-state index in [2.05, 4.69) is 15.9 Å². The Labute approximate surface area is 89.9 Å². The van der Waals surface area contributed by atoms with Gasteiger partial charge in [-0.15, -0.1) is 12.4 Å². The molecule has 0 bridgehead atoms. The van der Waals surface area contributed by atoms with Crippen molar-refractivity contribution in [2.45, 2.75) is 6.04 Å². The molecule has 0 aliphatic carbocycles. The minimum absolute atomic E-state index is 0. The Bertz CT molecular complexity index is 283. The van der Waals surface area contributed by atoms with Gasteiger partial charge < -0.3 is 5.73 Å². The molecule has 0 aromatic heterocycles. The molecule has 13 heavy (non-hydrogen) atoms. The van der Waals surface area contributed by atoms with Crippen molar-refractivity contribution in [1.29, 1.82) is 0 Å². The van der Waals surface area contributed by atoms with Gasteiger partial charge in [-0.3, -0.25) is 0 Å². The van der Waals surface area contributed by atoms with Crippen LogP contribution in [0.3, 0.4) is 0 Å². The minimum Gasteiger partial charge on any atom is -0.322 e. The summed E-state index contributed by atoms with van der Waals surface area (Å²) in [6, 6.07) is 3.51. The molecule has 0 saturated heterocycles. The number of hydrogen-bond donors (Lipinski definition) is 1. The number of alkyl halides is 1. The van der Waals surface area contributed by atoms with Crippen LogP contribution < -0.4 is 5.73 Å². The molecule has 0 aliphatic rings. The zero-order chi connectivity index (χ0) is 9.14. The van der Waals surface area contributed by atoms with Crippen molar-refractivity contribution in [3.8, 4) is 0 Å². The van der Waals surface area contributed by atoms with Crippen molar-refractivity contribution >= 4 is 28.3 Å². The Hall–Kier alpha value is -0.190. The number of rotatable bonds is 2. The molecule has 0 heterocycles. The van der Waals surface area contributed by atoms with Crippen LogP contribution in [0.25, 0.3) is 0 Å². The molecular weight excluding hydrogens is 263 g/mol. The first-order valence-corrected chi connectivity index (χ1v) is 4.21. The summed E-state index contributed by atoms with van der Waals surface area (Å²) in [5.41, 5.74) is 5.52. The summed E-state index contributed by atoms with van der Waals surface area (Å²) in [4.78, 5) is 0. The van der Waals surface area contributed by atoms with Gasteiger partial charge in [0.25, 0.3) is 0 Å². The SMILES string of the molecule is Cl.N[C@@H](CF)c1ccc(Br)cc1F. The number of halogens is 4. The van der Waals surface area contributed by atoms with Crippen LogP contribution in [-0.4, -0.2) is 6.67 Å². The van der Waals surface area contributed by atoms with Crippen molar-refractivity contribution in [3.63, 3.8) is 0 Å². The average molecular weight is 273 g/mol. The van der Waals surface area contributed by atoms with Crippen LogP contribution in [0.2, 0.25) is 0 Å². The Morgan fingerprint density at radius 3 is 2.54 bits per heavy atom. The third-order valence-corrected chi connectivity index (χ3v) is 2.02. The maximum atomic E-state index is 13.0. The molecule has 1 atom stereocenters. The molecule has 2 N–H and O–H groups in total. The maximum Gasteiger partial charge on any atom is 0.129 e. The van der Waals surface area contributed by atoms with Crippen molar-refractivity contribution in [2.24, 2.45) is 5.73 Å². The van der Waals surface area contributed by atoms with Gasteiger partial charge in [0.05, 0.1) is 6.04 Å². The van der Waals surface area contributed by atoms with Crippen molar-refractivity contribution in [1.82, 2.24) is 0 Å². The molecule has 0 unspecified atom stereocenters. The molecule has 0 fully saturated rings. The first-order chi connectivity index (χ1) is 5.65. The van der Waals surface area contributed by atoms with Crippen molar-refractivity contribution < 1.29 is 8.78 Å². The number of nitrogens with two attached hydrogens (primary N) is 1. The van der Waals surface area contributed by atoms with E-state index in [1.54, 1.807) is 6.07 Å². The van der Waals surface area contributed by atoms with Crippen molar-refractivity contribution in [3.05, 3.63) is 34.1 Å². The quantitative estimate of drug-likeness (QED) is 0.880. The lowest BCUT2D eigenvalue weighted by molar-refractivity contribution is 0.426. The zero-order valence-electron chi connectivity index (χ0n) is 6.64. The zero-order valence-corrected chi connectivity index (χ0v) is 9.04. The molecule has 0 amide bonds. The third-order valence-electron chi connectivity index (χ3n) is 1.53. The Balaban J connectivity index is 0.00000144. The summed E-state index contributed by atoms with van der Waals surface area (Å²) in [7, 11) is 0. The lowest BCUT2D eigenvalue weighted by Crippen LogP contribution is -2.13. The molecular formula is C8H9BrClF2N. The highest BCUT2D eigenvalue weighted by atomic mass is 79.9. The van der Waals surface area contributed by atoms with E-state index in [0.717, 1.165) is 0 Å². The lowest BCUT2D eigenvalue weighted by atomic mass is 10.1. The fourth-order valence-electron chi connectivity index (χ4n) is 0.885. The summed E-state index contributed by atoms with van der Waals surface area (Å²) in [6.07, 6.45) is 0. The molecule has 0 spiro atoms. The van der Waals surface area contributed by atoms with E-state index < -0.39 is 18.5 Å². The second kappa shape index (κ2) is 5.52. The normalized spacial score (nSPS) is 12.0. The van der Waals surface area contributed by atoms with E-state index in [9.17, 15) is 8.78 Å². The van der Waals surface area contributed by atoms with Crippen LogP contribution >= 0.6 is 28.3 Å². The van der Waals surface area contributed by atoms with Crippen molar-refractivity contribution in [2.75, 3.05) is 6.67 Å². The Kier molecular flexibility index (Phi) is 5.44. The predicted molar refractivity (Wildman–Crippen MR) is 54.3 cm³/mol. The van der Waals surface area contributed by atoms with Gasteiger partial charge in [-0.2, -0.15) is 0 Å². The van der Waals surface area contributed by atoms with E-state index in [-0.39, 0.29) is 18.0 Å². The van der Waals surface area contributed by atoms with Gasteiger partial charge in [0.2, 0.25) is 0 Å². The van der Waals surface area contributed by atoms with Crippen LogP contribution in [-0.2, 0) is 0 Å². The molecule has 5 heteroatoms. The highest BCUT2D eigenvalue weighted by Crippen LogP contribution is 2.19. The highest BCUT2D eigenvalue weighted by molar-refractivity contribution is 9.10. The smallest absolute Gasteiger partial charge is 0.129 e. The summed E-state index contributed by atoms with van der Waals surface area (Å²) in [5, 5.41) is 0. The van der Waals surface area contributed by atoms with E-state index in [4.69, 9.17) is 5.73 Å². The van der Waals surface area contributed by atoms with Gasteiger partial charge >= 0.3 is 0 Å². The summed E-state index contributed by atoms with van der Waals surface area (Å²) < 4.78 is 25.7. The third kappa shape index (κ3) is 3.21. The van der Waals surface area contributed by atoms with Gasteiger partial charge in [0.1, 0.15) is 12.5 Å². The summed E-state index contributed by atoms with van der Waals surface area (Å²) >= 11 is 3.09. The van der Waals surface area contributed by atoms with Crippen LogP contribution in [0.5, 0.6) is 0 Å². The summed E-state index contributed by atoms with van der Waals surface area (Å²) in [6.45, 7) is -0.751. The first kappa shape index (κ1) is 12.8. The Morgan fingerprint density at radius 1 is 1.46 bits per heavy atom. The molecule has 0 saturated carbocycles. The van der Waals surface area contributed by atoms with Gasteiger partial charge in [0, 0.05) is 10.0 Å². The topological polar surface area (TPSA) is 26.0 Å². The largest absolute Gasteiger partial charge is 0.322 e. The van der Waals surface area contributed by atoms with E-state index in [1.807, 2.05) is 0 Å². The van der Waals surface area contributed by atoms with Crippen LogP contribution in [0.1, 0.15) is 11.6 Å². The minimum atomic E-state index is -0.863. The van der Waals surface area contributed by atoms with Crippen LogP contribution in [0.4, 0.5) is 8.78 Å². The fraction of sp³-hybridized carbons (Fsp3) is 0.250. The Morgan fingerprint density at radius 2 is 2.08 bits per heavy atom. The second-order valence-corrected chi connectivity index (χ2v) is 3.34. The van der Waals surface area contributed by atoms with Gasteiger partial charge in [-0.05, 0) is 12.1 Å². The maximum absolute atomic E-state index is 13.0. The second-order valence-electron chi connectivity index (χ2n) is 2.43. The number of benzene rings is 1. The number of hydrogen-bond acceptors (Lipinski definition) is 1. The highest BCUT2D eigenvalue weighted by Gasteiger charge is 2.10. The van der Waals surface area contributed by atoms with E-state index in [0.29, 0.717) is 4.47 Å². The standard InChI is InChI=1S/C8H8BrF2N.ClH/c9-5-1-2-6(7(11)3-5)8(12)4-10;/h1-3,8H,4,12H2;1H/t8-;/m0./s1. The molecule has 0 radical (unpaired) electrons. The molecule has 1 aromatic rings. The van der Waals surface area contributed by atoms with Gasteiger partial charge in [-0.1, -0.05) is 22.0 Å². The molecule has 1 rings (SSSR count). The van der Waals surface area contributed by atoms with Crippen LogP contribution in [0.15, 0.2) is 22.7 Å². The van der Waals surface area contributed by atoms with E-state index in [1.165, 1.54) is 12.1 Å². The summed E-state index contributed by atoms with van der Waals surface area (Å²) in [5.74, 6) is -0.477. The monoisotopic (exact) mass is 271 g/mol. The van der Waals surface area contributed by atoms with E-state index >= 15 is 0 Å². The molecule has 74 valence electrons. The van der Waals surface area contributed by atoms with Gasteiger partial charge in [0.15, 0.2) is 0 Å². The average Bonchev–Trinajstić information content (AvgIpc) is 2.03. The van der Waals surface area contributed by atoms with Gasteiger partial charge in [-0.25, -0.2) is 8.78 Å². The molecule has 1 aromatic carbocycles. The molecule has 0 aliphatic heterocycles. The lowest BCUT2D eigenvalue weighted by Gasteiger charge is -2.08.